The quantitative estimate of drug-likeness (QED) is 0.565. The molecule has 3 aromatic rings. The number of benzene rings is 2. The molecule has 0 fully saturated rings. The Morgan fingerprint density at radius 1 is 1.07 bits per heavy atom. The number of amides is 1. The summed E-state index contributed by atoms with van der Waals surface area (Å²) in [5.41, 5.74) is 3.21. The van der Waals surface area contributed by atoms with Gasteiger partial charge in [0.15, 0.2) is 0 Å². The lowest BCUT2D eigenvalue weighted by atomic mass is 10.0. The van der Waals surface area contributed by atoms with Crippen molar-refractivity contribution in [2.24, 2.45) is 0 Å². The van der Waals surface area contributed by atoms with Crippen LogP contribution in [0.1, 0.15) is 29.3 Å². The molecule has 0 N–H and O–H groups in total. The molecule has 0 aliphatic heterocycles. The minimum absolute atomic E-state index is 0.179. The summed E-state index contributed by atoms with van der Waals surface area (Å²) in [6.07, 6.45) is -3.77. The van der Waals surface area contributed by atoms with Gasteiger partial charge in [0.2, 0.25) is 0 Å². The van der Waals surface area contributed by atoms with E-state index >= 15 is 0 Å². The number of hydrogen-bond acceptors (Lipinski definition) is 2. The van der Waals surface area contributed by atoms with Gasteiger partial charge < -0.3 is 4.90 Å². The second kappa shape index (κ2) is 8.51. The van der Waals surface area contributed by atoms with Gasteiger partial charge in [0, 0.05) is 24.8 Å². The normalized spacial score (nSPS) is 11.5. The molecule has 1 heterocycles. The molecule has 0 unspecified atom stereocenters. The van der Waals surface area contributed by atoms with E-state index in [1.54, 1.807) is 17.8 Å². The third-order valence-corrected chi connectivity index (χ3v) is 4.70. The van der Waals surface area contributed by atoms with Crippen molar-refractivity contribution in [3.63, 3.8) is 0 Å². The first kappa shape index (κ1) is 20.6. The molecule has 0 aliphatic rings. The summed E-state index contributed by atoms with van der Waals surface area (Å²) in [5, 5.41) is 4.61. The number of rotatable bonds is 6. The standard InChI is InChI=1S/C22H22F3N3O/c1-3-27(14-13-22(23,24)25)21(29)19-15-28(17-10-5-4-6-11-17)26-20(19)18-12-8-7-9-16(18)2/h4-12,15H,3,13-14H2,1-2H3. The van der Waals surface area contributed by atoms with E-state index < -0.39 is 18.5 Å². The van der Waals surface area contributed by atoms with Crippen molar-refractivity contribution < 1.29 is 18.0 Å². The second-order valence-corrected chi connectivity index (χ2v) is 6.74. The summed E-state index contributed by atoms with van der Waals surface area (Å²) in [4.78, 5) is 14.4. The molecule has 0 spiro atoms. The maximum absolute atomic E-state index is 13.1. The van der Waals surface area contributed by atoms with Crippen LogP contribution in [-0.4, -0.2) is 39.9 Å². The molecule has 7 heteroatoms. The largest absolute Gasteiger partial charge is 0.390 e. The maximum atomic E-state index is 13.1. The van der Waals surface area contributed by atoms with E-state index in [9.17, 15) is 18.0 Å². The van der Waals surface area contributed by atoms with Crippen LogP contribution < -0.4 is 0 Å². The van der Waals surface area contributed by atoms with Crippen molar-refractivity contribution in [2.75, 3.05) is 13.1 Å². The van der Waals surface area contributed by atoms with E-state index in [0.717, 1.165) is 16.8 Å². The second-order valence-electron chi connectivity index (χ2n) is 6.74. The molecule has 4 nitrogen and oxygen atoms in total. The number of hydrogen-bond donors (Lipinski definition) is 0. The van der Waals surface area contributed by atoms with Crippen LogP contribution in [0.2, 0.25) is 0 Å². The van der Waals surface area contributed by atoms with Crippen molar-refractivity contribution in [3.05, 3.63) is 71.9 Å². The number of halogens is 3. The fourth-order valence-corrected chi connectivity index (χ4v) is 3.12. The molecule has 152 valence electrons. The Morgan fingerprint density at radius 3 is 2.34 bits per heavy atom. The summed E-state index contributed by atoms with van der Waals surface area (Å²) in [5.74, 6) is -0.461. The molecule has 0 atom stereocenters. The van der Waals surface area contributed by atoms with Gasteiger partial charge in [0.05, 0.1) is 17.7 Å². The Labute approximate surface area is 167 Å². The van der Waals surface area contributed by atoms with Crippen molar-refractivity contribution in [2.45, 2.75) is 26.4 Å². The topological polar surface area (TPSA) is 38.1 Å². The molecule has 29 heavy (non-hydrogen) atoms. The number of carbonyl (C=O) groups excluding carboxylic acids is 1. The van der Waals surface area contributed by atoms with Gasteiger partial charge in [-0.2, -0.15) is 18.3 Å². The molecular formula is C22H22F3N3O. The molecule has 0 saturated heterocycles. The van der Waals surface area contributed by atoms with Crippen molar-refractivity contribution >= 4 is 5.91 Å². The summed E-state index contributed by atoms with van der Waals surface area (Å²) >= 11 is 0. The van der Waals surface area contributed by atoms with Gasteiger partial charge in [-0.25, -0.2) is 4.68 Å². The van der Waals surface area contributed by atoms with E-state index in [4.69, 9.17) is 0 Å². The summed E-state index contributed by atoms with van der Waals surface area (Å²) < 4.78 is 39.6. The molecule has 0 saturated carbocycles. The Kier molecular flexibility index (Phi) is 6.06. The van der Waals surface area contributed by atoms with Gasteiger partial charge >= 0.3 is 6.18 Å². The third-order valence-electron chi connectivity index (χ3n) is 4.70. The predicted octanol–water partition coefficient (Wildman–Crippen LogP) is 5.26. The Balaban J connectivity index is 2.05. The van der Waals surface area contributed by atoms with Gasteiger partial charge in [0.1, 0.15) is 5.69 Å². The zero-order valence-electron chi connectivity index (χ0n) is 16.3. The highest BCUT2D eigenvalue weighted by Crippen LogP contribution is 2.28. The van der Waals surface area contributed by atoms with Crippen LogP contribution in [0.4, 0.5) is 13.2 Å². The molecule has 2 aromatic carbocycles. The predicted molar refractivity (Wildman–Crippen MR) is 106 cm³/mol. The van der Waals surface area contributed by atoms with Crippen molar-refractivity contribution in [3.8, 4) is 16.9 Å². The van der Waals surface area contributed by atoms with E-state index in [-0.39, 0.29) is 18.7 Å². The lowest BCUT2D eigenvalue weighted by molar-refractivity contribution is -0.136. The van der Waals surface area contributed by atoms with Gasteiger partial charge in [-0.15, -0.1) is 0 Å². The number of carbonyl (C=O) groups is 1. The maximum Gasteiger partial charge on any atom is 0.390 e. The summed E-state index contributed by atoms with van der Waals surface area (Å²) in [7, 11) is 0. The van der Waals surface area contributed by atoms with Crippen LogP contribution >= 0.6 is 0 Å². The summed E-state index contributed by atoms with van der Waals surface area (Å²) in [6, 6.07) is 16.8. The molecule has 0 bridgehead atoms. The zero-order chi connectivity index (χ0) is 21.0. The highest BCUT2D eigenvalue weighted by atomic mass is 19.4. The molecule has 1 amide bonds. The highest BCUT2D eigenvalue weighted by Gasteiger charge is 2.30. The lowest BCUT2D eigenvalue weighted by Crippen LogP contribution is -2.34. The van der Waals surface area contributed by atoms with Crippen molar-refractivity contribution in [1.82, 2.24) is 14.7 Å². The minimum atomic E-state index is -4.32. The number of alkyl halides is 3. The van der Waals surface area contributed by atoms with Crippen LogP contribution in [0, 0.1) is 6.92 Å². The average Bonchev–Trinajstić information content (AvgIpc) is 3.13. The molecule has 0 aliphatic carbocycles. The summed E-state index contributed by atoms with van der Waals surface area (Å²) in [6.45, 7) is 3.37. The Bertz CT molecular complexity index is 980. The third kappa shape index (κ3) is 4.85. The van der Waals surface area contributed by atoms with E-state index in [1.165, 1.54) is 4.90 Å². The Morgan fingerprint density at radius 2 is 1.72 bits per heavy atom. The first-order valence-electron chi connectivity index (χ1n) is 9.37. The van der Waals surface area contributed by atoms with Crippen LogP contribution in [0.15, 0.2) is 60.8 Å². The first-order chi connectivity index (χ1) is 13.8. The minimum Gasteiger partial charge on any atom is -0.338 e. The molecule has 1 aromatic heterocycles. The number of aromatic nitrogens is 2. The first-order valence-corrected chi connectivity index (χ1v) is 9.37. The number of para-hydroxylation sites is 1. The number of aryl methyl sites for hydroxylation is 1. The highest BCUT2D eigenvalue weighted by molar-refractivity contribution is 6.00. The smallest absolute Gasteiger partial charge is 0.338 e. The Hall–Kier alpha value is -3.09. The fraction of sp³-hybridized carbons (Fsp3) is 0.273. The van der Waals surface area contributed by atoms with E-state index in [1.807, 2.05) is 61.5 Å². The van der Waals surface area contributed by atoms with Crippen LogP contribution in [0.25, 0.3) is 16.9 Å². The van der Waals surface area contributed by atoms with Gasteiger partial charge in [-0.05, 0) is 31.5 Å². The lowest BCUT2D eigenvalue weighted by Gasteiger charge is -2.21. The van der Waals surface area contributed by atoms with E-state index in [0.29, 0.717) is 5.69 Å². The van der Waals surface area contributed by atoms with Crippen LogP contribution in [0.5, 0.6) is 0 Å². The molecular weight excluding hydrogens is 379 g/mol. The molecule has 3 rings (SSSR count). The number of nitrogens with zero attached hydrogens (tertiary/aromatic N) is 3. The van der Waals surface area contributed by atoms with Crippen LogP contribution in [-0.2, 0) is 0 Å². The van der Waals surface area contributed by atoms with Gasteiger partial charge in [-0.3, -0.25) is 4.79 Å². The van der Waals surface area contributed by atoms with Gasteiger partial charge in [-0.1, -0.05) is 42.5 Å². The monoisotopic (exact) mass is 401 g/mol. The van der Waals surface area contributed by atoms with Gasteiger partial charge in [0.25, 0.3) is 5.91 Å². The SMILES string of the molecule is CCN(CCC(F)(F)F)C(=O)c1cn(-c2ccccc2)nc1-c1ccccc1C. The van der Waals surface area contributed by atoms with Crippen LogP contribution in [0.3, 0.4) is 0 Å². The molecule has 0 radical (unpaired) electrons. The van der Waals surface area contributed by atoms with E-state index in [2.05, 4.69) is 5.10 Å². The fourth-order valence-electron chi connectivity index (χ4n) is 3.12. The average molecular weight is 401 g/mol. The van der Waals surface area contributed by atoms with Crippen molar-refractivity contribution in [1.29, 1.82) is 0 Å². The zero-order valence-corrected chi connectivity index (χ0v) is 16.3.